The first-order valence-electron chi connectivity index (χ1n) is 6.79. The highest BCUT2D eigenvalue weighted by Gasteiger charge is 2.12. The van der Waals surface area contributed by atoms with Crippen molar-refractivity contribution in [3.63, 3.8) is 0 Å². The molecular formula is C14H16N6O. The third-order valence-electron chi connectivity index (χ3n) is 3.27. The molecule has 0 aliphatic carbocycles. The van der Waals surface area contributed by atoms with Crippen LogP contribution in [0.5, 0.6) is 0 Å². The van der Waals surface area contributed by atoms with E-state index in [9.17, 15) is 5.11 Å². The van der Waals surface area contributed by atoms with Crippen molar-refractivity contribution in [2.24, 2.45) is 0 Å². The summed E-state index contributed by atoms with van der Waals surface area (Å²) in [7, 11) is 0. The van der Waals surface area contributed by atoms with E-state index in [0.29, 0.717) is 12.2 Å². The quantitative estimate of drug-likeness (QED) is 0.630. The Kier molecular flexibility index (Phi) is 4.02. The first kappa shape index (κ1) is 13.4. The van der Waals surface area contributed by atoms with Gasteiger partial charge in [-0.25, -0.2) is 0 Å². The molecule has 3 rings (SSSR count). The minimum atomic E-state index is -0.696. The number of pyridine rings is 1. The lowest BCUT2D eigenvalue weighted by Crippen LogP contribution is -2.01. The first-order valence-corrected chi connectivity index (χ1v) is 6.79. The molecule has 21 heavy (non-hydrogen) atoms. The molecule has 1 atom stereocenters. The summed E-state index contributed by atoms with van der Waals surface area (Å²) in [5.41, 5.74) is 3.28. The van der Waals surface area contributed by atoms with Crippen molar-refractivity contribution in [3.8, 4) is 0 Å². The number of aromatic nitrogens is 6. The summed E-state index contributed by atoms with van der Waals surface area (Å²) < 4.78 is 0. The van der Waals surface area contributed by atoms with Gasteiger partial charge < -0.3 is 10.1 Å². The number of hydrogen-bond donors (Lipinski definition) is 3. The van der Waals surface area contributed by atoms with Crippen LogP contribution in [0.2, 0.25) is 0 Å². The highest BCUT2D eigenvalue weighted by atomic mass is 16.3. The predicted molar refractivity (Wildman–Crippen MR) is 75.3 cm³/mol. The number of nitrogens with zero attached hydrogens (tertiary/aromatic N) is 4. The number of aryl methyl sites for hydroxylation is 1. The first-order chi connectivity index (χ1) is 10.3. The normalized spacial score (nSPS) is 12.4. The molecule has 3 heterocycles. The number of H-pyrrole nitrogens is 2. The Labute approximate surface area is 121 Å². The van der Waals surface area contributed by atoms with Crippen LogP contribution in [0.15, 0.2) is 36.7 Å². The molecular weight excluding hydrogens is 268 g/mol. The fourth-order valence-corrected chi connectivity index (χ4v) is 2.18. The molecule has 7 heteroatoms. The summed E-state index contributed by atoms with van der Waals surface area (Å²) in [6.07, 6.45) is 5.13. The molecule has 0 fully saturated rings. The van der Waals surface area contributed by atoms with E-state index in [1.807, 2.05) is 24.4 Å². The Balaban J connectivity index is 1.55. The van der Waals surface area contributed by atoms with Crippen molar-refractivity contribution >= 4 is 0 Å². The van der Waals surface area contributed by atoms with E-state index in [4.69, 9.17) is 0 Å². The molecule has 3 aromatic rings. The summed E-state index contributed by atoms with van der Waals surface area (Å²) in [5.74, 6) is 0.333. The highest BCUT2D eigenvalue weighted by molar-refractivity contribution is 5.21. The molecule has 0 saturated carbocycles. The number of aliphatic hydroxyl groups excluding tert-OH is 1. The van der Waals surface area contributed by atoms with Gasteiger partial charge in [0, 0.05) is 30.2 Å². The van der Waals surface area contributed by atoms with E-state index in [0.717, 1.165) is 29.8 Å². The van der Waals surface area contributed by atoms with Gasteiger partial charge in [0.2, 0.25) is 5.82 Å². The average Bonchev–Trinajstić information content (AvgIpc) is 3.17. The van der Waals surface area contributed by atoms with Gasteiger partial charge in [-0.2, -0.15) is 5.21 Å². The van der Waals surface area contributed by atoms with Crippen molar-refractivity contribution in [2.75, 3.05) is 0 Å². The molecule has 0 bridgehead atoms. The number of hydrogen-bond acceptors (Lipinski definition) is 5. The van der Waals surface area contributed by atoms with Gasteiger partial charge >= 0.3 is 0 Å². The van der Waals surface area contributed by atoms with Crippen molar-refractivity contribution < 1.29 is 5.11 Å². The van der Waals surface area contributed by atoms with Crippen molar-refractivity contribution in [3.05, 3.63) is 59.4 Å². The van der Waals surface area contributed by atoms with E-state index in [1.54, 1.807) is 6.20 Å². The number of nitrogens with one attached hydrogen (secondary N) is 2. The molecule has 0 aliphatic heterocycles. The summed E-state index contributed by atoms with van der Waals surface area (Å²) in [4.78, 5) is 7.55. The van der Waals surface area contributed by atoms with Crippen LogP contribution in [0.4, 0.5) is 0 Å². The molecule has 3 aromatic heterocycles. The van der Waals surface area contributed by atoms with Crippen LogP contribution < -0.4 is 0 Å². The second-order valence-electron chi connectivity index (χ2n) is 4.86. The van der Waals surface area contributed by atoms with E-state index >= 15 is 0 Å². The van der Waals surface area contributed by atoms with Gasteiger partial charge in [0.1, 0.15) is 6.10 Å². The number of aliphatic hydroxyl groups is 1. The second-order valence-corrected chi connectivity index (χ2v) is 4.86. The van der Waals surface area contributed by atoms with E-state index in [-0.39, 0.29) is 0 Å². The number of tetrazole rings is 1. The van der Waals surface area contributed by atoms with Crippen LogP contribution in [0.1, 0.15) is 35.3 Å². The third-order valence-corrected chi connectivity index (χ3v) is 3.27. The molecule has 0 amide bonds. The van der Waals surface area contributed by atoms with E-state index < -0.39 is 6.10 Å². The summed E-state index contributed by atoms with van der Waals surface area (Å²) >= 11 is 0. The van der Waals surface area contributed by atoms with Crippen LogP contribution in [0, 0.1) is 0 Å². The van der Waals surface area contributed by atoms with E-state index in [1.165, 1.54) is 0 Å². The monoisotopic (exact) mass is 284 g/mol. The lowest BCUT2D eigenvalue weighted by molar-refractivity contribution is 0.158. The predicted octanol–water partition coefficient (Wildman–Crippen LogP) is 1.18. The molecule has 108 valence electrons. The van der Waals surface area contributed by atoms with Crippen LogP contribution in [-0.4, -0.2) is 35.7 Å². The Hall–Kier alpha value is -2.54. The van der Waals surface area contributed by atoms with Gasteiger partial charge in [-0.3, -0.25) is 4.98 Å². The molecule has 0 radical (unpaired) electrons. The largest absolute Gasteiger partial charge is 0.385 e. The molecule has 3 N–H and O–H groups in total. The van der Waals surface area contributed by atoms with E-state index in [2.05, 4.69) is 36.7 Å². The zero-order valence-corrected chi connectivity index (χ0v) is 11.4. The Morgan fingerprint density at radius 2 is 2.24 bits per heavy atom. The van der Waals surface area contributed by atoms with Crippen LogP contribution in [0.3, 0.4) is 0 Å². The molecule has 7 nitrogen and oxygen atoms in total. The maximum absolute atomic E-state index is 9.91. The lowest BCUT2D eigenvalue weighted by atomic mass is 10.1. The molecule has 1 unspecified atom stereocenters. The zero-order chi connectivity index (χ0) is 14.5. The third kappa shape index (κ3) is 3.51. The number of aromatic amines is 2. The van der Waals surface area contributed by atoms with Gasteiger partial charge in [0.25, 0.3) is 0 Å². The molecule has 0 aromatic carbocycles. The van der Waals surface area contributed by atoms with Gasteiger partial charge in [-0.05, 0) is 36.6 Å². The average molecular weight is 284 g/mol. The summed E-state index contributed by atoms with van der Waals surface area (Å²) in [6.45, 7) is 0. The Morgan fingerprint density at radius 1 is 1.29 bits per heavy atom. The van der Waals surface area contributed by atoms with Gasteiger partial charge in [-0.1, -0.05) is 11.3 Å². The maximum Gasteiger partial charge on any atom is 0.202 e. The van der Waals surface area contributed by atoms with Crippen molar-refractivity contribution in [2.45, 2.75) is 25.4 Å². The van der Waals surface area contributed by atoms with Gasteiger partial charge in [0.05, 0.1) is 0 Å². The number of rotatable bonds is 6. The second kappa shape index (κ2) is 6.27. The fraction of sp³-hybridized carbons (Fsp3) is 0.286. The smallest absolute Gasteiger partial charge is 0.202 e. The topological polar surface area (TPSA) is 103 Å². The van der Waals surface area contributed by atoms with Crippen molar-refractivity contribution in [1.29, 1.82) is 0 Å². The lowest BCUT2D eigenvalue weighted by Gasteiger charge is -2.03. The minimum Gasteiger partial charge on any atom is -0.385 e. The van der Waals surface area contributed by atoms with Crippen molar-refractivity contribution in [1.82, 2.24) is 30.6 Å². The zero-order valence-electron chi connectivity index (χ0n) is 11.4. The summed E-state index contributed by atoms with van der Waals surface area (Å²) in [6, 6.07) is 7.98. The van der Waals surface area contributed by atoms with Crippen LogP contribution in [-0.2, 0) is 12.8 Å². The summed E-state index contributed by atoms with van der Waals surface area (Å²) in [5, 5.41) is 23.2. The molecule has 0 aliphatic rings. The molecule has 0 spiro atoms. The maximum atomic E-state index is 9.91. The Morgan fingerprint density at radius 3 is 3.00 bits per heavy atom. The highest BCUT2D eigenvalue weighted by Crippen LogP contribution is 2.16. The van der Waals surface area contributed by atoms with Gasteiger partial charge in [-0.15, -0.1) is 10.2 Å². The standard InChI is InChI=1S/C14H16N6O/c21-13(14-17-19-20-18-14)5-4-10-7-12(16-9-10)8-11-3-1-2-6-15-11/h1-3,6-7,9,13,16,21H,4-5,8H2,(H,17,18,19,20). The van der Waals surface area contributed by atoms with Crippen LogP contribution in [0.25, 0.3) is 0 Å². The molecule has 0 saturated heterocycles. The van der Waals surface area contributed by atoms with Gasteiger partial charge in [0.15, 0.2) is 0 Å². The van der Waals surface area contributed by atoms with Crippen LogP contribution >= 0.6 is 0 Å². The fourth-order valence-electron chi connectivity index (χ4n) is 2.18. The SMILES string of the molecule is OC(CCc1c[nH]c(Cc2ccccn2)c1)c1nn[nH]n1. The minimum absolute atomic E-state index is 0.333. The Bertz CT molecular complexity index is 664.